The van der Waals surface area contributed by atoms with Gasteiger partial charge in [0.15, 0.2) is 11.6 Å². The van der Waals surface area contributed by atoms with Crippen LogP contribution in [-0.4, -0.2) is 19.9 Å². The smallest absolute Gasteiger partial charge is 0.163 e. The van der Waals surface area contributed by atoms with Gasteiger partial charge in [-0.1, -0.05) is 72.8 Å². The highest BCUT2D eigenvalue weighted by molar-refractivity contribution is 5.85. The van der Waals surface area contributed by atoms with Crippen LogP contribution in [0.1, 0.15) is 35.2 Å². The third kappa shape index (κ3) is 4.19. The summed E-state index contributed by atoms with van der Waals surface area (Å²) in [5.41, 5.74) is 5.51. The van der Waals surface area contributed by atoms with Gasteiger partial charge in [-0.15, -0.1) is 0 Å². The first kappa shape index (κ1) is 19.1. The zero-order chi connectivity index (χ0) is 21.0. The molecule has 31 heavy (non-hydrogen) atoms. The molecule has 0 spiro atoms. The van der Waals surface area contributed by atoms with Crippen LogP contribution in [0.4, 0.5) is 0 Å². The van der Waals surface area contributed by atoms with Crippen LogP contribution in [0, 0.1) is 6.92 Å². The summed E-state index contributed by atoms with van der Waals surface area (Å²) >= 11 is 0. The second-order valence-corrected chi connectivity index (χ2v) is 7.62. The van der Waals surface area contributed by atoms with Gasteiger partial charge in [0.2, 0.25) is 0 Å². The van der Waals surface area contributed by atoms with Crippen molar-refractivity contribution in [3.05, 3.63) is 120 Å². The van der Waals surface area contributed by atoms with E-state index in [2.05, 4.69) is 57.4 Å². The lowest BCUT2D eigenvalue weighted by Gasteiger charge is -2.22. The number of hydrogen-bond acceptors (Lipinski definition) is 4. The molecule has 0 radical (unpaired) electrons. The summed E-state index contributed by atoms with van der Waals surface area (Å²) in [5.74, 6) is 2.26. The van der Waals surface area contributed by atoms with Crippen molar-refractivity contribution in [1.29, 1.82) is 0 Å². The fourth-order valence-electron chi connectivity index (χ4n) is 3.91. The Morgan fingerprint density at radius 1 is 0.710 bits per heavy atom. The minimum Gasteiger partial charge on any atom is -0.261 e. The summed E-state index contributed by atoms with van der Waals surface area (Å²) < 4.78 is 0. The van der Waals surface area contributed by atoms with Crippen LogP contribution in [0.2, 0.25) is 0 Å². The number of rotatable bonds is 4. The molecule has 1 aliphatic rings. The molecule has 0 saturated carbocycles. The van der Waals surface area contributed by atoms with Crippen molar-refractivity contribution < 1.29 is 0 Å². The van der Waals surface area contributed by atoms with Crippen LogP contribution in [0.15, 0.2) is 97.2 Å². The number of benzene rings is 2. The number of aryl methyl sites for hydroxylation is 1. The molecule has 4 aromatic rings. The second-order valence-electron chi connectivity index (χ2n) is 7.62. The Bertz CT molecular complexity index is 1250. The van der Waals surface area contributed by atoms with Crippen LogP contribution >= 0.6 is 0 Å². The van der Waals surface area contributed by atoms with Crippen LogP contribution in [-0.2, 0) is 0 Å². The molecule has 5 rings (SSSR count). The Balaban J connectivity index is 1.62. The van der Waals surface area contributed by atoms with Gasteiger partial charge in [0, 0.05) is 28.9 Å². The first-order valence-electron chi connectivity index (χ1n) is 10.4. The van der Waals surface area contributed by atoms with Gasteiger partial charge in [-0.05, 0) is 42.7 Å². The van der Waals surface area contributed by atoms with Gasteiger partial charge in [-0.25, -0.2) is 15.0 Å². The van der Waals surface area contributed by atoms with Gasteiger partial charge in [-0.2, -0.15) is 0 Å². The lowest BCUT2D eigenvalue weighted by molar-refractivity contribution is 0.827. The minimum atomic E-state index is 0.161. The average Bonchev–Trinajstić information content (AvgIpc) is 2.85. The van der Waals surface area contributed by atoms with Gasteiger partial charge in [0.25, 0.3) is 0 Å². The zero-order valence-electron chi connectivity index (χ0n) is 17.3. The lowest BCUT2D eigenvalue weighted by atomic mass is 9.84. The van der Waals surface area contributed by atoms with E-state index in [0.717, 1.165) is 23.3 Å². The summed E-state index contributed by atoms with van der Waals surface area (Å²) in [5, 5.41) is 0. The fraction of sp³-hybridized carbons (Fsp3) is 0.111. The SMILES string of the molecule is Cc1nc(C2=C[C@@H](c3ccccn3)CC(c3ccccc3)=C2)nc(-c2ccccc2)n1. The molecular formula is C27H22N4. The van der Waals surface area contributed by atoms with Crippen molar-refractivity contribution in [2.45, 2.75) is 19.3 Å². The van der Waals surface area contributed by atoms with Crippen molar-refractivity contribution in [2.75, 3.05) is 0 Å². The topological polar surface area (TPSA) is 51.6 Å². The van der Waals surface area contributed by atoms with Gasteiger partial charge in [0.1, 0.15) is 5.82 Å². The molecule has 1 aliphatic carbocycles. The fourth-order valence-corrected chi connectivity index (χ4v) is 3.91. The first-order valence-corrected chi connectivity index (χ1v) is 10.4. The molecule has 2 aromatic carbocycles. The molecule has 2 heterocycles. The van der Waals surface area contributed by atoms with Crippen molar-refractivity contribution in [2.24, 2.45) is 0 Å². The molecule has 0 unspecified atom stereocenters. The van der Waals surface area contributed by atoms with Gasteiger partial charge < -0.3 is 0 Å². The second kappa shape index (κ2) is 8.44. The molecule has 0 bridgehead atoms. The Morgan fingerprint density at radius 3 is 2.10 bits per heavy atom. The molecule has 150 valence electrons. The van der Waals surface area contributed by atoms with E-state index in [1.807, 2.05) is 61.7 Å². The van der Waals surface area contributed by atoms with Gasteiger partial charge in [-0.3, -0.25) is 4.98 Å². The normalized spacial score (nSPS) is 15.8. The van der Waals surface area contributed by atoms with Gasteiger partial charge in [0.05, 0.1) is 0 Å². The lowest BCUT2D eigenvalue weighted by Crippen LogP contribution is -2.08. The maximum absolute atomic E-state index is 4.83. The number of pyridine rings is 1. The number of aromatic nitrogens is 4. The number of hydrogen-bond donors (Lipinski definition) is 0. The van der Waals surface area contributed by atoms with Gasteiger partial charge >= 0.3 is 0 Å². The summed E-state index contributed by atoms with van der Waals surface area (Å²) in [6.45, 7) is 1.92. The number of allylic oxidation sites excluding steroid dienone is 4. The summed E-state index contributed by atoms with van der Waals surface area (Å²) in [7, 11) is 0. The van der Waals surface area contributed by atoms with Crippen LogP contribution in [0.5, 0.6) is 0 Å². The molecule has 4 heteroatoms. The monoisotopic (exact) mass is 402 g/mol. The molecule has 1 atom stereocenters. The molecule has 0 N–H and O–H groups in total. The van der Waals surface area contributed by atoms with E-state index in [9.17, 15) is 0 Å². The quantitative estimate of drug-likeness (QED) is 0.427. The van der Waals surface area contributed by atoms with Crippen LogP contribution < -0.4 is 0 Å². The first-order chi connectivity index (χ1) is 15.3. The molecular weight excluding hydrogens is 380 g/mol. The molecule has 0 saturated heterocycles. The summed E-state index contributed by atoms with van der Waals surface area (Å²) in [6.07, 6.45) is 7.18. The van der Waals surface area contributed by atoms with Crippen LogP contribution in [0.25, 0.3) is 22.5 Å². The Morgan fingerprint density at radius 2 is 1.39 bits per heavy atom. The Labute approximate surface area is 182 Å². The molecule has 0 fully saturated rings. The third-order valence-electron chi connectivity index (χ3n) is 5.40. The highest BCUT2D eigenvalue weighted by Crippen LogP contribution is 2.37. The van der Waals surface area contributed by atoms with E-state index in [4.69, 9.17) is 4.98 Å². The predicted molar refractivity (Wildman–Crippen MR) is 124 cm³/mol. The third-order valence-corrected chi connectivity index (χ3v) is 5.40. The van der Waals surface area contributed by atoms with Crippen molar-refractivity contribution >= 4 is 11.1 Å². The van der Waals surface area contributed by atoms with Crippen molar-refractivity contribution in [3.63, 3.8) is 0 Å². The Hall–Kier alpha value is -3.92. The van der Waals surface area contributed by atoms with Crippen molar-refractivity contribution in [1.82, 2.24) is 19.9 Å². The standard InChI is InChI=1S/C27H22N4/c1-19-29-26(21-12-6-3-7-13-21)31-27(30-19)24-17-22(20-10-4-2-5-11-20)16-23(18-24)25-14-8-9-15-28-25/h2-15,17-18,23H,16H2,1H3/t23-/m0/s1. The van der Waals surface area contributed by atoms with E-state index >= 15 is 0 Å². The van der Waals surface area contributed by atoms with E-state index < -0.39 is 0 Å². The van der Waals surface area contributed by atoms with E-state index in [1.165, 1.54) is 11.1 Å². The highest BCUT2D eigenvalue weighted by atomic mass is 15.0. The molecule has 0 amide bonds. The minimum absolute atomic E-state index is 0.161. The predicted octanol–water partition coefficient (Wildman–Crippen LogP) is 5.90. The maximum atomic E-state index is 4.83. The average molecular weight is 403 g/mol. The molecule has 2 aromatic heterocycles. The van der Waals surface area contributed by atoms with E-state index in [1.54, 1.807) is 0 Å². The molecule has 0 aliphatic heterocycles. The van der Waals surface area contributed by atoms with E-state index in [0.29, 0.717) is 17.5 Å². The van der Waals surface area contributed by atoms with Crippen molar-refractivity contribution in [3.8, 4) is 11.4 Å². The zero-order valence-corrected chi connectivity index (χ0v) is 17.3. The largest absolute Gasteiger partial charge is 0.261 e. The summed E-state index contributed by atoms with van der Waals surface area (Å²) in [4.78, 5) is 18.7. The Kier molecular flexibility index (Phi) is 5.19. The maximum Gasteiger partial charge on any atom is 0.163 e. The summed E-state index contributed by atoms with van der Waals surface area (Å²) in [6, 6.07) is 26.6. The highest BCUT2D eigenvalue weighted by Gasteiger charge is 2.21. The van der Waals surface area contributed by atoms with Crippen LogP contribution in [0.3, 0.4) is 0 Å². The van der Waals surface area contributed by atoms with E-state index in [-0.39, 0.29) is 5.92 Å². The molecule has 4 nitrogen and oxygen atoms in total. The number of nitrogens with zero attached hydrogens (tertiary/aromatic N) is 4.